The average molecular weight is 187 g/mol. The zero-order chi connectivity index (χ0) is 10.3. The third-order valence-electron chi connectivity index (χ3n) is 1.95. The Morgan fingerprint density at radius 3 is 2.38 bits per heavy atom. The molecule has 0 aliphatic carbocycles. The normalized spacial score (nSPS) is 14.5. The maximum atomic E-state index is 5.58. The summed E-state index contributed by atoms with van der Waals surface area (Å²) in [6.45, 7) is 11.7. The highest BCUT2D eigenvalue weighted by Gasteiger charge is 2.09. The fourth-order valence-electron chi connectivity index (χ4n) is 1.07. The lowest BCUT2D eigenvalue weighted by Gasteiger charge is -2.18. The molecule has 0 fully saturated rings. The molecule has 0 aliphatic heterocycles. The van der Waals surface area contributed by atoms with Crippen LogP contribution in [-0.2, 0) is 4.74 Å². The first-order valence-electron chi connectivity index (χ1n) is 5.18. The van der Waals surface area contributed by atoms with E-state index < -0.39 is 0 Å². The van der Waals surface area contributed by atoms with Gasteiger partial charge < -0.3 is 10.1 Å². The standard InChI is InChI=1S/C11H25NO/c1-10(8-12-5)9-13-7-6-11(2,3)4/h10,12H,6-9H2,1-5H3. The predicted molar refractivity (Wildman–Crippen MR) is 58.0 cm³/mol. The van der Waals surface area contributed by atoms with Crippen molar-refractivity contribution in [3.8, 4) is 0 Å². The van der Waals surface area contributed by atoms with E-state index in [1.165, 1.54) is 0 Å². The molecule has 0 rings (SSSR count). The third-order valence-corrected chi connectivity index (χ3v) is 1.95. The van der Waals surface area contributed by atoms with Gasteiger partial charge in [-0.15, -0.1) is 0 Å². The summed E-state index contributed by atoms with van der Waals surface area (Å²) in [7, 11) is 1.98. The van der Waals surface area contributed by atoms with E-state index in [1.807, 2.05) is 7.05 Å². The Morgan fingerprint density at radius 1 is 1.31 bits per heavy atom. The molecular weight excluding hydrogens is 162 g/mol. The molecule has 0 bridgehead atoms. The van der Waals surface area contributed by atoms with Crippen LogP contribution in [0, 0.1) is 11.3 Å². The van der Waals surface area contributed by atoms with Gasteiger partial charge in [0.2, 0.25) is 0 Å². The molecule has 1 N–H and O–H groups in total. The van der Waals surface area contributed by atoms with Crippen molar-refractivity contribution in [1.29, 1.82) is 0 Å². The molecule has 0 aliphatic rings. The van der Waals surface area contributed by atoms with Gasteiger partial charge in [-0.2, -0.15) is 0 Å². The van der Waals surface area contributed by atoms with Crippen LogP contribution in [0.25, 0.3) is 0 Å². The second-order valence-electron chi connectivity index (χ2n) is 5.05. The van der Waals surface area contributed by atoms with Crippen molar-refractivity contribution < 1.29 is 4.74 Å². The van der Waals surface area contributed by atoms with Gasteiger partial charge in [0, 0.05) is 6.61 Å². The third kappa shape index (κ3) is 9.84. The first kappa shape index (κ1) is 12.9. The smallest absolute Gasteiger partial charge is 0.0503 e. The topological polar surface area (TPSA) is 21.3 Å². The minimum Gasteiger partial charge on any atom is -0.381 e. The van der Waals surface area contributed by atoms with E-state index >= 15 is 0 Å². The van der Waals surface area contributed by atoms with E-state index in [2.05, 4.69) is 33.0 Å². The summed E-state index contributed by atoms with van der Waals surface area (Å²) in [5.74, 6) is 0.616. The summed E-state index contributed by atoms with van der Waals surface area (Å²) in [6, 6.07) is 0. The van der Waals surface area contributed by atoms with Crippen molar-refractivity contribution in [1.82, 2.24) is 5.32 Å². The first-order valence-corrected chi connectivity index (χ1v) is 5.18. The minimum atomic E-state index is 0.395. The second kappa shape index (κ2) is 6.39. The summed E-state index contributed by atoms with van der Waals surface area (Å²) < 4.78 is 5.58. The Hall–Kier alpha value is -0.0800. The highest BCUT2D eigenvalue weighted by atomic mass is 16.5. The number of hydrogen-bond donors (Lipinski definition) is 1. The van der Waals surface area contributed by atoms with Crippen LogP contribution in [0.15, 0.2) is 0 Å². The Labute approximate surface area is 83.1 Å². The predicted octanol–water partition coefficient (Wildman–Crippen LogP) is 2.29. The summed E-state index contributed by atoms with van der Waals surface area (Å²) in [4.78, 5) is 0. The molecule has 0 aromatic rings. The number of nitrogens with one attached hydrogen (secondary N) is 1. The SMILES string of the molecule is CNCC(C)COCCC(C)(C)C. The zero-order valence-electron chi connectivity index (χ0n) is 9.81. The molecular formula is C11H25NO. The molecule has 80 valence electrons. The molecule has 0 spiro atoms. The van der Waals surface area contributed by atoms with E-state index in [-0.39, 0.29) is 0 Å². The van der Waals surface area contributed by atoms with Crippen LogP contribution in [0.1, 0.15) is 34.1 Å². The average Bonchev–Trinajstić information content (AvgIpc) is 1.97. The molecule has 0 radical (unpaired) electrons. The molecule has 0 aromatic heterocycles. The van der Waals surface area contributed by atoms with Crippen LogP contribution < -0.4 is 5.32 Å². The summed E-state index contributed by atoms with van der Waals surface area (Å²) in [5.41, 5.74) is 0.395. The Kier molecular flexibility index (Phi) is 6.35. The van der Waals surface area contributed by atoms with Gasteiger partial charge in [-0.1, -0.05) is 27.7 Å². The highest BCUT2D eigenvalue weighted by molar-refractivity contribution is 4.60. The monoisotopic (exact) mass is 187 g/mol. The molecule has 0 amide bonds. The van der Waals surface area contributed by atoms with Gasteiger partial charge in [-0.25, -0.2) is 0 Å². The van der Waals surface area contributed by atoms with Gasteiger partial charge in [0.05, 0.1) is 6.61 Å². The van der Waals surface area contributed by atoms with Crippen molar-refractivity contribution >= 4 is 0 Å². The molecule has 0 aromatic carbocycles. The van der Waals surface area contributed by atoms with Gasteiger partial charge in [-0.3, -0.25) is 0 Å². The van der Waals surface area contributed by atoms with E-state index in [9.17, 15) is 0 Å². The fourth-order valence-corrected chi connectivity index (χ4v) is 1.07. The van der Waals surface area contributed by atoms with Crippen molar-refractivity contribution in [2.24, 2.45) is 11.3 Å². The summed E-state index contributed by atoms with van der Waals surface area (Å²) in [6.07, 6.45) is 1.14. The Morgan fingerprint density at radius 2 is 1.92 bits per heavy atom. The lowest BCUT2D eigenvalue weighted by atomic mass is 9.93. The van der Waals surface area contributed by atoms with Crippen LogP contribution in [-0.4, -0.2) is 26.8 Å². The molecule has 1 unspecified atom stereocenters. The maximum absolute atomic E-state index is 5.58. The Balaban J connectivity index is 3.25. The molecule has 2 nitrogen and oxygen atoms in total. The quantitative estimate of drug-likeness (QED) is 0.644. The van der Waals surface area contributed by atoms with Crippen LogP contribution >= 0.6 is 0 Å². The van der Waals surface area contributed by atoms with Gasteiger partial charge >= 0.3 is 0 Å². The molecule has 0 saturated heterocycles. The highest BCUT2D eigenvalue weighted by Crippen LogP contribution is 2.17. The van der Waals surface area contributed by atoms with Crippen molar-refractivity contribution in [3.63, 3.8) is 0 Å². The molecule has 0 saturated carbocycles. The fraction of sp³-hybridized carbons (Fsp3) is 1.00. The van der Waals surface area contributed by atoms with Crippen LogP contribution in [0.5, 0.6) is 0 Å². The van der Waals surface area contributed by atoms with E-state index in [0.717, 1.165) is 26.2 Å². The van der Waals surface area contributed by atoms with E-state index in [0.29, 0.717) is 11.3 Å². The van der Waals surface area contributed by atoms with Gasteiger partial charge in [-0.05, 0) is 31.3 Å². The van der Waals surface area contributed by atoms with Crippen LogP contribution in [0.4, 0.5) is 0 Å². The number of rotatable bonds is 6. The van der Waals surface area contributed by atoms with Crippen LogP contribution in [0.2, 0.25) is 0 Å². The lowest BCUT2D eigenvalue weighted by molar-refractivity contribution is 0.0843. The van der Waals surface area contributed by atoms with Gasteiger partial charge in [0.25, 0.3) is 0 Å². The van der Waals surface area contributed by atoms with E-state index in [1.54, 1.807) is 0 Å². The van der Waals surface area contributed by atoms with Gasteiger partial charge in [0.1, 0.15) is 0 Å². The van der Waals surface area contributed by atoms with Crippen LogP contribution in [0.3, 0.4) is 0 Å². The second-order valence-corrected chi connectivity index (χ2v) is 5.05. The molecule has 0 heterocycles. The number of ether oxygens (including phenoxy) is 1. The first-order chi connectivity index (χ1) is 5.95. The summed E-state index contributed by atoms with van der Waals surface area (Å²) in [5, 5.41) is 3.14. The van der Waals surface area contributed by atoms with Crippen molar-refractivity contribution in [2.75, 3.05) is 26.8 Å². The Bertz CT molecular complexity index is 118. The largest absolute Gasteiger partial charge is 0.381 e. The molecule has 2 heteroatoms. The molecule has 13 heavy (non-hydrogen) atoms. The zero-order valence-corrected chi connectivity index (χ0v) is 9.81. The maximum Gasteiger partial charge on any atom is 0.0503 e. The number of hydrogen-bond acceptors (Lipinski definition) is 2. The minimum absolute atomic E-state index is 0.395. The van der Waals surface area contributed by atoms with Crippen molar-refractivity contribution in [3.05, 3.63) is 0 Å². The van der Waals surface area contributed by atoms with Crippen molar-refractivity contribution in [2.45, 2.75) is 34.1 Å². The lowest BCUT2D eigenvalue weighted by Crippen LogP contribution is -2.21. The molecule has 1 atom stereocenters. The van der Waals surface area contributed by atoms with Gasteiger partial charge in [0.15, 0.2) is 0 Å². The summed E-state index contributed by atoms with van der Waals surface area (Å²) >= 11 is 0. The van der Waals surface area contributed by atoms with E-state index in [4.69, 9.17) is 4.74 Å².